The fourth-order valence-corrected chi connectivity index (χ4v) is 4.67. The first-order valence-electron chi connectivity index (χ1n) is 10.5. The number of hydrogen-bond acceptors (Lipinski definition) is 6. The molecule has 1 N–H and O–H groups in total. The molecular formula is C24H23Cl2N3O4S. The molecule has 1 amide bonds. The predicted molar refractivity (Wildman–Crippen MR) is 133 cm³/mol. The van der Waals surface area contributed by atoms with E-state index < -0.39 is 0 Å². The molecule has 0 aliphatic rings. The van der Waals surface area contributed by atoms with Gasteiger partial charge < -0.3 is 23.8 Å². The highest BCUT2D eigenvalue weighted by Gasteiger charge is 2.21. The summed E-state index contributed by atoms with van der Waals surface area (Å²) in [6.07, 6.45) is 1.63. The number of aromatic nitrogens is 2. The van der Waals surface area contributed by atoms with Gasteiger partial charge in [-0.1, -0.05) is 23.2 Å². The van der Waals surface area contributed by atoms with Crippen molar-refractivity contribution in [3.05, 3.63) is 80.1 Å². The highest BCUT2D eigenvalue weighted by Crippen LogP contribution is 2.30. The van der Waals surface area contributed by atoms with Gasteiger partial charge >= 0.3 is 0 Å². The normalized spacial score (nSPS) is 11.1. The highest BCUT2D eigenvalue weighted by molar-refractivity contribution is 7.09. The minimum absolute atomic E-state index is 0.161. The lowest BCUT2D eigenvalue weighted by Gasteiger charge is -2.09. The summed E-state index contributed by atoms with van der Waals surface area (Å²) in [6, 6.07) is 10.7. The molecule has 3 aromatic heterocycles. The molecule has 0 saturated heterocycles. The van der Waals surface area contributed by atoms with Crippen LogP contribution in [0.2, 0.25) is 10.0 Å². The summed E-state index contributed by atoms with van der Waals surface area (Å²) < 4.78 is 18.4. The van der Waals surface area contributed by atoms with Gasteiger partial charge in [0.2, 0.25) is 0 Å². The molecule has 0 aliphatic carbocycles. The number of carbonyl (C=O) groups excluding carboxylic acids is 1. The smallest absolute Gasteiger partial charge is 0.253 e. The second-order valence-corrected chi connectivity index (χ2v) is 9.28. The summed E-state index contributed by atoms with van der Waals surface area (Å²) in [5.74, 6) is 1.19. The van der Waals surface area contributed by atoms with E-state index in [1.165, 1.54) is 11.3 Å². The standard InChI is InChI=1S/C24H23Cl2N3O4S/c1-15-20(24(30)27-5-7-31-2)11-22(29(15)12-18-4-3-6-32-18)21-14-34-23(28-21)13-33-19-9-16(25)8-17(26)10-19/h3-4,6,8-11,14H,5,7,12-13H2,1-2H3,(H,27,30). The van der Waals surface area contributed by atoms with E-state index >= 15 is 0 Å². The Hall–Kier alpha value is -2.78. The summed E-state index contributed by atoms with van der Waals surface area (Å²) in [7, 11) is 1.60. The Morgan fingerprint density at radius 2 is 2.03 bits per heavy atom. The molecule has 0 fully saturated rings. The number of hydrogen-bond donors (Lipinski definition) is 1. The second-order valence-electron chi connectivity index (χ2n) is 7.46. The Bertz CT molecular complexity index is 1250. The van der Waals surface area contributed by atoms with Crippen molar-refractivity contribution in [2.24, 2.45) is 0 Å². The number of halogens is 2. The Kier molecular flexibility index (Phi) is 7.95. The van der Waals surface area contributed by atoms with Crippen LogP contribution in [0.15, 0.2) is 52.5 Å². The molecule has 7 nitrogen and oxygen atoms in total. The van der Waals surface area contributed by atoms with Crippen molar-refractivity contribution in [3.8, 4) is 17.1 Å². The van der Waals surface area contributed by atoms with Gasteiger partial charge in [-0.25, -0.2) is 4.98 Å². The zero-order valence-electron chi connectivity index (χ0n) is 18.6. The first kappa shape index (κ1) is 24.3. The van der Waals surface area contributed by atoms with Crippen LogP contribution in [0.5, 0.6) is 5.75 Å². The van der Waals surface area contributed by atoms with Gasteiger partial charge in [-0.2, -0.15) is 0 Å². The van der Waals surface area contributed by atoms with Crippen LogP contribution in [0, 0.1) is 6.92 Å². The van der Waals surface area contributed by atoms with Gasteiger partial charge in [0.1, 0.15) is 23.1 Å². The van der Waals surface area contributed by atoms with Crippen LogP contribution in [0.3, 0.4) is 0 Å². The van der Waals surface area contributed by atoms with Crippen LogP contribution in [0.1, 0.15) is 26.8 Å². The van der Waals surface area contributed by atoms with E-state index in [1.807, 2.05) is 35.1 Å². The zero-order chi connectivity index (χ0) is 24.1. The molecule has 10 heteroatoms. The van der Waals surface area contributed by atoms with Crippen LogP contribution in [0.4, 0.5) is 0 Å². The van der Waals surface area contributed by atoms with Crippen LogP contribution in [0.25, 0.3) is 11.4 Å². The molecule has 0 unspecified atom stereocenters. The van der Waals surface area contributed by atoms with Crippen LogP contribution < -0.4 is 10.1 Å². The molecular weight excluding hydrogens is 497 g/mol. The maximum atomic E-state index is 12.8. The van der Waals surface area contributed by atoms with Gasteiger partial charge in [0.15, 0.2) is 0 Å². The molecule has 0 radical (unpaired) electrons. The number of ether oxygens (including phenoxy) is 2. The SMILES string of the molecule is COCCNC(=O)c1cc(-c2csc(COc3cc(Cl)cc(Cl)c3)n2)n(Cc2ccco2)c1C. The van der Waals surface area contributed by atoms with Crippen molar-refractivity contribution in [2.45, 2.75) is 20.1 Å². The summed E-state index contributed by atoms with van der Waals surface area (Å²) in [4.78, 5) is 17.5. The molecule has 4 rings (SSSR count). The molecule has 0 aliphatic heterocycles. The van der Waals surface area contributed by atoms with Gasteiger partial charge in [0, 0.05) is 34.8 Å². The maximum absolute atomic E-state index is 12.8. The van der Waals surface area contributed by atoms with Gasteiger partial charge in [-0.3, -0.25) is 4.79 Å². The van der Waals surface area contributed by atoms with E-state index in [0.29, 0.717) is 41.1 Å². The third-order valence-corrected chi connectivity index (χ3v) is 6.37. The lowest BCUT2D eigenvalue weighted by Crippen LogP contribution is -2.27. The van der Waals surface area contributed by atoms with Crippen molar-refractivity contribution in [2.75, 3.05) is 20.3 Å². The molecule has 0 saturated carbocycles. The molecule has 4 aromatic rings. The fraction of sp³-hybridized carbons (Fsp3) is 0.250. The number of carbonyl (C=O) groups is 1. The Labute approximate surface area is 211 Å². The van der Waals surface area contributed by atoms with Crippen molar-refractivity contribution >= 4 is 40.4 Å². The minimum Gasteiger partial charge on any atom is -0.486 e. The van der Waals surface area contributed by atoms with E-state index in [9.17, 15) is 4.79 Å². The number of nitrogens with one attached hydrogen (secondary N) is 1. The molecule has 34 heavy (non-hydrogen) atoms. The second kappa shape index (κ2) is 11.1. The Morgan fingerprint density at radius 3 is 2.74 bits per heavy atom. The number of rotatable bonds is 10. The van der Waals surface area contributed by atoms with Gasteiger partial charge in [0.25, 0.3) is 5.91 Å². The van der Waals surface area contributed by atoms with Crippen molar-refractivity contribution in [1.82, 2.24) is 14.9 Å². The average molecular weight is 520 g/mol. The van der Waals surface area contributed by atoms with E-state index in [4.69, 9.17) is 42.1 Å². The van der Waals surface area contributed by atoms with Crippen LogP contribution in [-0.2, 0) is 17.9 Å². The van der Waals surface area contributed by atoms with Gasteiger partial charge in [0.05, 0.1) is 36.4 Å². The molecule has 178 valence electrons. The molecule has 0 bridgehead atoms. The van der Waals surface area contributed by atoms with E-state index in [1.54, 1.807) is 31.6 Å². The molecule has 0 atom stereocenters. The average Bonchev–Trinajstić information content (AvgIpc) is 3.54. The predicted octanol–water partition coefficient (Wildman–Crippen LogP) is 5.82. The number of thiazole rings is 1. The number of methoxy groups -OCH3 is 1. The molecule has 0 spiro atoms. The first-order valence-corrected chi connectivity index (χ1v) is 12.1. The number of benzene rings is 1. The monoisotopic (exact) mass is 519 g/mol. The van der Waals surface area contributed by atoms with Crippen molar-refractivity contribution in [3.63, 3.8) is 0 Å². The summed E-state index contributed by atoms with van der Waals surface area (Å²) >= 11 is 13.6. The number of nitrogens with zero attached hydrogens (tertiary/aromatic N) is 2. The largest absolute Gasteiger partial charge is 0.486 e. The van der Waals surface area contributed by atoms with E-state index in [-0.39, 0.29) is 12.5 Å². The lowest BCUT2D eigenvalue weighted by atomic mass is 10.2. The quantitative estimate of drug-likeness (QED) is 0.267. The Balaban J connectivity index is 1.58. The first-order chi connectivity index (χ1) is 16.4. The third kappa shape index (κ3) is 5.82. The van der Waals surface area contributed by atoms with Crippen molar-refractivity contribution < 1.29 is 18.7 Å². The van der Waals surface area contributed by atoms with Crippen LogP contribution in [-0.4, -0.2) is 35.7 Å². The van der Waals surface area contributed by atoms with Gasteiger partial charge in [-0.05, 0) is 43.3 Å². The fourth-order valence-electron chi connectivity index (χ4n) is 3.46. The number of amides is 1. The highest BCUT2D eigenvalue weighted by atomic mass is 35.5. The summed E-state index contributed by atoms with van der Waals surface area (Å²) in [5, 5.41) is 6.62. The summed E-state index contributed by atoms with van der Waals surface area (Å²) in [5.41, 5.74) is 2.97. The third-order valence-electron chi connectivity index (χ3n) is 5.11. The lowest BCUT2D eigenvalue weighted by molar-refractivity contribution is 0.0936. The Morgan fingerprint density at radius 1 is 1.24 bits per heavy atom. The number of furan rings is 1. The summed E-state index contributed by atoms with van der Waals surface area (Å²) in [6.45, 7) is 3.53. The van der Waals surface area contributed by atoms with E-state index in [2.05, 4.69) is 5.32 Å². The topological polar surface area (TPSA) is 78.5 Å². The van der Waals surface area contributed by atoms with E-state index in [0.717, 1.165) is 27.8 Å². The minimum atomic E-state index is -0.161. The van der Waals surface area contributed by atoms with Crippen LogP contribution >= 0.6 is 34.5 Å². The van der Waals surface area contributed by atoms with Gasteiger partial charge in [-0.15, -0.1) is 11.3 Å². The van der Waals surface area contributed by atoms with Crippen molar-refractivity contribution in [1.29, 1.82) is 0 Å². The molecule has 3 heterocycles. The molecule has 1 aromatic carbocycles. The zero-order valence-corrected chi connectivity index (χ0v) is 21.0. The maximum Gasteiger partial charge on any atom is 0.253 e.